The van der Waals surface area contributed by atoms with Crippen LogP contribution in [0.3, 0.4) is 0 Å². The lowest BCUT2D eigenvalue weighted by Gasteiger charge is -2.06. The van der Waals surface area contributed by atoms with Crippen molar-refractivity contribution in [3.05, 3.63) is 20.8 Å². The molecule has 60 valence electrons. The first-order valence-corrected chi connectivity index (χ1v) is 4.50. The maximum atomic E-state index is 11.1. The van der Waals surface area contributed by atoms with Crippen molar-refractivity contribution in [3.63, 3.8) is 0 Å². The Bertz CT molecular complexity index is 271. The third-order valence-electron chi connectivity index (χ3n) is 1.10. The van der Waals surface area contributed by atoms with Crippen LogP contribution in [0, 0.1) is 0 Å². The highest BCUT2D eigenvalue weighted by molar-refractivity contribution is 9.11. The van der Waals surface area contributed by atoms with Gasteiger partial charge >= 0.3 is 0 Å². The van der Waals surface area contributed by atoms with Crippen LogP contribution in [0.15, 0.2) is 15.9 Å². The molecule has 1 amide bonds. The smallest absolute Gasteiger partial charge is 0.277 e. The van der Waals surface area contributed by atoms with Gasteiger partial charge in [0.25, 0.3) is 5.91 Å². The van der Waals surface area contributed by atoms with E-state index in [-0.39, 0.29) is 5.91 Å². The number of rotatable bonds is 1. The third-order valence-corrected chi connectivity index (χ3v) is 2.72. The van der Waals surface area contributed by atoms with Crippen LogP contribution in [0.25, 0.3) is 0 Å². The minimum atomic E-state index is -0.166. The van der Waals surface area contributed by atoms with Crippen LogP contribution in [0.1, 0.15) is 9.67 Å². The number of halogens is 1. The second-order valence-corrected chi connectivity index (χ2v) is 4.48. The fourth-order valence-electron chi connectivity index (χ4n) is 0.603. The van der Waals surface area contributed by atoms with Gasteiger partial charge in [-0.2, -0.15) is 0 Å². The summed E-state index contributed by atoms with van der Waals surface area (Å²) in [5, 5.41) is 1.07. The number of nitrogens with two attached hydrogens (primary N) is 1. The molecule has 1 aromatic heterocycles. The van der Waals surface area contributed by atoms with E-state index in [1.54, 1.807) is 6.07 Å². The highest BCUT2D eigenvalue weighted by Crippen LogP contribution is 2.22. The number of hydrazine groups is 1. The molecule has 0 spiro atoms. The summed E-state index contributed by atoms with van der Waals surface area (Å²) >= 11 is 4.63. The van der Waals surface area contributed by atoms with Gasteiger partial charge in [-0.3, -0.25) is 9.80 Å². The van der Waals surface area contributed by atoms with Gasteiger partial charge in [0.05, 0.1) is 8.66 Å². The summed E-state index contributed by atoms with van der Waals surface area (Å²) in [6, 6.07) is 3.56. The predicted molar refractivity (Wildman–Crippen MR) is 48.3 cm³/mol. The lowest BCUT2D eigenvalue weighted by Crippen LogP contribution is -2.32. The van der Waals surface area contributed by atoms with Gasteiger partial charge in [0.2, 0.25) is 0 Å². The Morgan fingerprint density at radius 2 is 2.36 bits per heavy atom. The summed E-state index contributed by atoms with van der Waals surface area (Å²) in [6.07, 6.45) is 0. The molecule has 0 aliphatic carbocycles. The first-order valence-electron chi connectivity index (χ1n) is 2.89. The zero-order valence-corrected chi connectivity index (χ0v) is 8.28. The Labute approximate surface area is 76.9 Å². The molecule has 1 aromatic rings. The van der Waals surface area contributed by atoms with Gasteiger partial charge in [-0.1, -0.05) is 0 Å². The summed E-state index contributed by atoms with van der Waals surface area (Å²) in [5.41, 5.74) is 0. The summed E-state index contributed by atoms with van der Waals surface area (Å²) in [5.74, 6) is 5.09. The highest BCUT2D eigenvalue weighted by atomic mass is 79.9. The Kier molecular flexibility index (Phi) is 2.64. The van der Waals surface area contributed by atoms with Gasteiger partial charge in [0.1, 0.15) is 0 Å². The van der Waals surface area contributed by atoms with Crippen molar-refractivity contribution in [3.8, 4) is 0 Å². The SMILES string of the molecule is CN(N)C(=O)c1ccc(Br)s1. The molecule has 2 N–H and O–H groups in total. The molecule has 0 aliphatic heterocycles. The van der Waals surface area contributed by atoms with Gasteiger partial charge in [-0.25, -0.2) is 5.84 Å². The second-order valence-electron chi connectivity index (χ2n) is 2.02. The number of hydrogen-bond acceptors (Lipinski definition) is 3. The first-order chi connectivity index (χ1) is 5.11. The van der Waals surface area contributed by atoms with Crippen molar-refractivity contribution in [2.24, 2.45) is 5.84 Å². The molecule has 0 unspecified atom stereocenters. The van der Waals surface area contributed by atoms with E-state index in [4.69, 9.17) is 5.84 Å². The molecule has 11 heavy (non-hydrogen) atoms. The predicted octanol–water partition coefficient (Wildman–Crippen LogP) is 1.46. The molecule has 0 radical (unpaired) electrons. The average molecular weight is 235 g/mol. The van der Waals surface area contributed by atoms with Gasteiger partial charge in [-0.05, 0) is 28.1 Å². The quantitative estimate of drug-likeness (QED) is 0.455. The molecule has 1 heterocycles. The van der Waals surface area contributed by atoms with Crippen molar-refractivity contribution in [1.29, 1.82) is 0 Å². The maximum Gasteiger partial charge on any atom is 0.277 e. The Hall–Kier alpha value is -0.390. The molecule has 0 aliphatic rings. The van der Waals surface area contributed by atoms with Crippen LogP contribution in [0.4, 0.5) is 0 Å². The topological polar surface area (TPSA) is 46.3 Å². The van der Waals surface area contributed by atoms with E-state index >= 15 is 0 Å². The first kappa shape index (κ1) is 8.70. The number of nitrogens with zero attached hydrogens (tertiary/aromatic N) is 1. The number of amides is 1. The van der Waals surface area contributed by atoms with E-state index in [9.17, 15) is 4.79 Å². The lowest BCUT2D eigenvalue weighted by molar-refractivity contribution is 0.0800. The summed E-state index contributed by atoms with van der Waals surface area (Å²) in [4.78, 5) is 11.8. The van der Waals surface area contributed by atoms with Crippen LogP contribution in [0.5, 0.6) is 0 Å². The van der Waals surface area contributed by atoms with Gasteiger partial charge < -0.3 is 0 Å². The molecule has 0 atom stereocenters. The van der Waals surface area contributed by atoms with Gasteiger partial charge in [-0.15, -0.1) is 11.3 Å². The molecule has 0 saturated heterocycles. The molecule has 0 bridgehead atoms. The Balaban J connectivity index is 2.85. The van der Waals surface area contributed by atoms with E-state index < -0.39 is 0 Å². The van der Waals surface area contributed by atoms with Crippen LogP contribution in [0.2, 0.25) is 0 Å². The second kappa shape index (κ2) is 3.34. The zero-order valence-electron chi connectivity index (χ0n) is 5.87. The van der Waals surface area contributed by atoms with Gasteiger partial charge in [0.15, 0.2) is 0 Å². The van der Waals surface area contributed by atoms with E-state index in [1.165, 1.54) is 18.4 Å². The molecular formula is C6H7BrN2OS. The van der Waals surface area contributed by atoms with Crippen molar-refractivity contribution in [2.45, 2.75) is 0 Å². The van der Waals surface area contributed by atoms with Crippen LogP contribution in [-0.4, -0.2) is 18.0 Å². The van der Waals surface area contributed by atoms with Crippen molar-refractivity contribution in [2.75, 3.05) is 7.05 Å². The number of thiophene rings is 1. The molecule has 1 rings (SSSR count). The highest BCUT2D eigenvalue weighted by Gasteiger charge is 2.09. The van der Waals surface area contributed by atoms with Crippen LogP contribution in [-0.2, 0) is 0 Å². The van der Waals surface area contributed by atoms with Crippen molar-refractivity contribution in [1.82, 2.24) is 5.01 Å². The summed E-state index contributed by atoms with van der Waals surface area (Å²) in [7, 11) is 1.52. The lowest BCUT2D eigenvalue weighted by atomic mass is 10.4. The molecule has 0 aromatic carbocycles. The van der Waals surface area contributed by atoms with E-state index in [1.807, 2.05) is 6.07 Å². The molecule has 0 saturated carbocycles. The summed E-state index contributed by atoms with van der Waals surface area (Å²) < 4.78 is 0.933. The van der Waals surface area contributed by atoms with Gasteiger partial charge in [0, 0.05) is 7.05 Å². The monoisotopic (exact) mass is 234 g/mol. The minimum Gasteiger partial charge on any atom is -0.279 e. The standard InChI is InChI=1S/C6H7BrN2OS/c1-9(8)6(10)4-2-3-5(7)11-4/h2-3H,8H2,1H3. The largest absolute Gasteiger partial charge is 0.279 e. The fourth-order valence-corrected chi connectivity index (χ4v) is 1.97. The molecular weight excluding hydrogens is 228 g/mol. The zero-order chi connectivity index (χ0) is 8.43. The van der Waals surface area contributed by atoms with Crippen molar-refractivity contribution < 1.29 is 4.79 Å². The maximum absolute atomic E-state index is 11.1. The normalized spacial score (nSPS) is 9.73. The summed E-state index contributed by atoms with van der Waals surface area (Å²) in [6.45, 7) is 0. The number of carbonyl (C=O) groups excluding carboxylic acids is 1. The van der Waals surface area contributed by atoms with E-state index in [0.717, 1.165) is 8.80 Å². The molecule has 3 nitrogen and oxygen atoms in total. The minimum absolute atomic E-state index is 0.166. The van der Waals surface area contributed by atoms with E-state index in [0.29, 0.717) is 4.88 Å². The number of hydrogen-bond donors (Lipinski definition) is 1. The van der Waals surface area contributed by atoms with Crippen molar-refractivity contribution >= 4 is 33.2 Å². The Morgan fingerprint density at radius 1 is 1.73 bits per heavy atom. The fraction of sp³-hybridized carbons (Fsp3) is 0.167. The van der Waals surface area contributed by atoms with Crippen LogP contribution >= 0.6 is 27.3 Å². The molecule has 5 heteroatoms. The third kappa shape index (κ3) is 2.02. The van der Waals surface area contributed by atoms with Crippen LogP contribution < -0.4 is 5.84 Å². The molecule has 0 fully saturated rings. The average Bonchev–Trinajstić information content (AvgIpc) is 2.34. The number of carbonyl (C=O) groups is 1. The Morgan fingerprint density at radius 3 is 2.73 bits per heavy atom. The van der Waals surface area contributed by atoms with E-state index in [2.05, 4.69) is 15.9 Å².